The van der Waals surface area contributed by atoms with Crippen LogP contribution in [0, 0.1) is 0 Å². The van der Waals surface area contributed by atoms with Gasteiger partial charge < -0.3 is 5.32 Å². The van der Waals surface area contributed by atoms with Crippen molar-refractivity contribution in [2.75, 3.05) is 0 Å². The van der Waals surface area contributed by atoms with Gasteiger partial charge in [-0.15, -0.1) is 11.8 Å². The lowest BCUT2D eigenvalue weighted by molar-refractivity contribution is 0.0940. The van der Waals surface area contributed by atoms with Gasteiger partial charge in [0.2, 0.25) is 0 Å². The Balaban J connectivity index is 1.34. The highest BCUT2D eigenvalue weighted by Gasteiger charge is 2.15. The second kappa shape index (κ2) is 9.72. The minimum atomic E-state index is -0.0304. The van der Waals surface area contributed by atoms with Crippen LogP contribution in [0.2, 0.25) is 5.02 Å². The fourth-order valence-electron chi connectivity index (χ4n) is 3.84. The van der Waals surface area contributed by atoms with Crippen LogP contribution in [0.4, 0.5) is 0 Å². The molecule has 0 bridgehead atoms. The number of hydrogen-bond donors (Lipinski definition) is 1. The first-order chi connectivity index (χ1) is 14.6. The van der Waals surface area contributed by atoms with E-state index in [1.54, 1.807) is 11.8 Å². The van der Waals surface area contributed by atoms with Crippen molar-refractivity contribution in [2.45, 2.75) is 49.3 Å². The van der Waals surface area contributed by atoms with Crippen LogP contribution in [-0.4, -0.2) is 5.91 Å². The Labute approximate surface area is 188 Å². The highest BCUT2D eigenvalue weighted by molar-refractivity contribution is 7.98. The average molecular weight is 436 g/mol. The summed E-state index contributed by atoms with van der Waals surface area (Å²) in [6.45, 7) is 2.06. The Kier molecular flexibility index (Phi) is 6.81. The van der Waals surface area contributed by atoms with Crippen LogP contribution in [0.25, 0.3) is 0 Å². The molecule has 30 heavy (non-hydrogen) atoms. The maximum absolute atomic E-state index is 12.7. The van der Waals surface area contributed by atoms with Crippen LogP contribution in [0.3, 0.4) is 0 Å². The Morgan fingerprint density at radius 2 is 1.67 bits per heavy atom. The summed E-state index contributed by atoms with van der Waals surface area (Å²) in [4.78, 5) is 13.9. The van der Waals surface area contributed by atoms with Gasteiger partial charge in [0.05, 0.1) is 6.04 Å². The van der Waals surface area contributed by atoms with E-state index in [0.717, 1.165) is 17.2 Å². The Morgan fingerprint density at radius 1 is 0.967 bits per heavy atom. The third-order valence-corrected chi connectivity index (χ3v) is 6.99. The standard InChI is InChI=1S/C26H26ClNOS/c1-18(22-11-10-20-4-2-3-5-23(20)16-22)28-26(29)21-8-6-19(7-9-21)17-30-25-14-12-24(27)13-15-25/h6-16,18H,2-5,17H2,1H3,(H,28,29). The molecule has 3 aromatic carbocycles. The number of aryl methyl sites for hydroxylation is 2. The molecule has 0 radical (unpaired) electrons. The molecule has 0 saturated heterocycles. The van der Waals surface area contributed by atoms with Crippen molar-refractivity contribution in [3.05, 3.63) is 99.6 Å². The molecule has 2 nitrogen and oxygen atoms in total. The largest absolute Gasteiger partial charge is 0.346 e. The summed E-state index contributed by atoms with van der Waals surface area (Å²) in [7, 11) is 0. The van der Waals surface area contributed by atoms with Gasteiger partial charge in [-0.2, -0.15) is 0 Å². The zero-order valence-corrected chi connectivity index (χ0v) is 18.7. The molecular formula is C26H26ClNOS. The molecule has 1 N–H and O–H groups in total. The van der Waals surface area contributed by atoms with Gasteiger partial charge in [0, 0.05) is 21.2 Å². The molecule has 0 fully saturated rings. The topological polar surface area (TPSA) is 29.1 Å². The number of amides is 1. The average Bonchev–Trinajstić information content (AvgIpc) is 2.78. The number of carbonyl (C=O) groups excluding carboxylic acids is 1. The number of hydrogen-bond acceptors (Lipinski definition) is 2. The van der Waals surface area contributed by atoms with E-state index >= 15 is 0 Å². The van der Waals surface area contributed by atoms with E-state index in [4.69, 9.17) is 11.6 Å². The van der Waals surface area contributed by atoms with E-state index < -0.39 is 0 Å². The SMILES string of the molecule is CC(NC(=O)c1ccc(CSc2ccc(Cl)cc2)cc1)c1ccc2c(c1)CCCC2. The molecule has 1 unspecified atom stereocenters. The summed E-state index contributed by atoms with van der Waals surface area (Å²) < 4.78 is 0. The summed E-state index contributed by atoms with van der Waals surface area (Å²) in [6, 6.07) is 22.4. The number of fused-ring (bicyclic) bond motifs is 1. The van der Waals surface area contributed by atoms with Crippen LogP contribution in [0.15, 0.2) is 71.6 Å². The maximum atomic E-state index is 12.7. The minimum Gasteiger partial charge on any atom is -0.346 e. The molecule has 0 saturated carbocycles. The van der Waals surface area contributed by atoms with E-state index in [0.29, 0.717) is 5.56 Å². The second-order valence-corrected chi connectivity index (χ2v) is 9.36. The molecule has 4 rings (SSSR count). The zero-order chi connectivity index (χ0) is 20.9. The molecule has 154 valence electrons. The first-order valence-corrected chi connectivity index (χ1v) is 11.8. The molecule has 1 aliphatic rings. The van der Waals surface area contributed by atoms with Gasteiger partial charge in [0.15, 0.2) is 0 Å². The summed E-state index contributed by atoms with van der Waals surface area (Å²) >= 11 is 7.69. The lowest BCUT2D eigenvalue weighted by Gasteiger charge is -2.20. The molecule has 1 amide bonds. The monoisotopic (exact) mass is 435 g/mol. The highest BCUT2D eigenvalue weighted by atomic mass is 35.5. The van der Waals surface area contributed by atoms with Crippen LogP contribution in [0.5, 0.6) is 0 Å². The number of benzene rings is 3. The Bertz CT molecular complexity index is 1010. The van der Waals surface area contributed by atoms with E-state index in [2.05, 4.69) is 30.4 Å². The first-order valence-electron chi connectivity index (χ1n) is 10.5. The van der Waals surface area contributed by atoms with Crippen LogP contribution < -0.4 is 5.32 Å². The molecule has 3 aromatic rings. The van der Waals surface area contributed by atoms with E-state index in [1.807, 2.05) is 48.5 Å². The molecular weight excluding hydrogens is 410 g/mol. The molecule has 4 heteroatoms. The van der Waals surface area contributed by atoms with E-state index in [-0.39, 0.29) is 11.9 Å². The van der Waals surface area contributed by atoms with Gasteiger partial charge in [-0.1, -0.05) is 41.9 Å². The van der Waals surface area contributed by atoms with Gasteiger partial charge in [-0.25, -0.2) is 0 Å². The first kappa shape index (κ1) is 21.0. The molecule has 0 spiro atoms. The Hall–Kier alpha value is -2.23. The Morgan fingerprint density at radius 3 is 2.40 bits per heavy atom. The lowest BCUT2D eigenvalue weighted by Crippen LogP contribution is -2.26. The fourth-order valence-corrected chi connectivity index (χ4v) is 4.82. The molecule has 1 aliphatic carbocycles. The van der Waals surface area contributed by atoms with Gasteiger partial charge in [0.25, 0.3) is 5.91 Å². The third-order valence-electron chi connectivity index (χ3n) is 5.66. The summed E-state index contributed by atoms with van der Waals surface area (Å²) in [6.07, 6.45) is 4.88. The minimum absolute atomic E-state index is 0.00939. The van der Waals surface area contributed by atoms with Gasteiger partial charge >= 0.3 is 0 Å². The van der Waals surface area contributed by atoms with Crippen molar-refractivity contribution >= 4 is 29.3 Å². The summed E-state index contributed by atoms with van der Waals surface area (Å²) in [5.41, 5.74) is 5.98. The van der Waals surface area contributed by atoms with Crippen LogP contribution in [-0.2, 0) is 18.6 Å². The quantitative estimate of drug-likeness (QED) is 0.422. The van der Waals surface area contributed by atoms with Crippen molar-refractivity contribution in [2.24, 2.45) is 0 Å². The van der Waals surface area contributed by atoms with Crippen molar-refractivity contribution in [3.63, 3.8) is 0 Å². The number of rotatable bonds is 6. The summed E-state index contributed by atoms with van der Waals surface area (Å²) in [5.74, 6) is 0.826. The molecule has 0 aromatic heterocycles. The second-order valence-electron chi connectivity index (χ2n) is 7.87. The van der Waals surface area contributed by atoms with Crippen molar-refractivity contribution in [1.82, 2.24) is 5.32 Å². The number of halogens is 1. The molecule has 0 aliphatic heterocycles. The van der Waals surface area contributed by atoms with Crippen molar-refractivity contribution < 1.29 is 4.79 Å². The van der Waals surface area contributed by atoms with Gasteiger partial charge in [0.1, 0.15) is 0 Å². The fraction of sp³-hybridized carbons (Fsp3) is 0.269. The van der Waals surface area contributed by atoms with Crippen LogP contribution >= 0.6 is 23.4 Å². The summed E-state index contributed by atoms with van der Waals surface area (Å²) in [5, 5.41) is 3.89. The van der Waals surface area contributed by atoms with E-state index in [1.165, 1.54) is 46.4 Å². The molecule has 0 heterocycles. The lowest BCUT2D eigenvalue weighted by atomic mass is 9.89. The number of carbonyl (C=O) groups is 1. The van der Waals surface area contributed by atoms with Crippen molar-refractivity contribution in [1.29, 1.82) is 0 Å². The van der Waals surface area contributed by atoms with Gasteiger partial charge in [-0.05, 0) is 91.3 Å². The van der Waals surface area contributed by atoms with E-state index in [9.17, 15) is 4.79 Å². The predicted molar refractivity (Wildman–Crippen MR) is 126 cm³/mol. The normalized spacial score (nSPS) is 14.1. The van der Waals surface area contributed by atoms with Gasteiger partial charge in [-0.3, -0.25) is 4.79 Å². The van der Waals surface area contributed by atoms with Crippen LogP contribution in [0.1, 0.15) is 58.4 Å². The number of thioether (sulfide) groups is 1. The third kappa shape index (κ3) is 5.27. The molecule has 1 atom stereocenters. The maximum Gasteiger partial charge on any atom is 0.251 e. The number of nitrogens with one attached hydrogen (secondary N) is 1. The zero-order valence-electron chi connectivity index (χ0n) is 17.2. The highest BCUT2D eigenvalue weighted by Crippen LogP contribution is 2.26. The van der Waals surface area contributed by atoms with Crippen molar-refractivity contribution in [3.8, 4) is 0 Å². The predicted octanol–water partition coefficient (Wildman–Crippen LogP) is 7.00. The smallest absolute Gasteiger partial charge is 0.251 e.